The normalized spacial score (nSPS) is 10.8. The van der Waals surface area contributed by atoms with Gasteiger partial charge in [0.15, 0.2) is 5.96 Å². The summed E-state index contributed by atoms with van der Waals surface area (Å²) in [6, 6.07) is 7.82. The number of aliphatic imine (C=N–C) groups is 1. The third-order valence-electron chi connectivity index (χ3n) is 3.00. The molecule has 0 unspecified atom stereocenters. The van der Waals surface area contributed by atoms with Crippen LogP contribution in [0.2, 0.25) is 5.02 Å². The SMILES string of the molecule is CCCNC(=O)CCN=C(NCC)NCCSc1ccc(Cl)cc1.I. The van der Waals surface area contributed by atoms with Gasteiger partial charge in [-0.3, -0.25) is 9.79 Å². The number of halogens is 2. The Labute approximate surface area is 177 Å². The van der Waals surface area contributed by atoms with Crippen LogP contribution in [0.5, 0.6) is 0 Å². The molecule has 0 bridgehead atoms. The van der Waals surface area contributed by atoms with Gasteiger partial charge in [-0.1, -0.05) is 18.5 Å². The summed E-state index contributed by atoms with van der Waals surface area (Å²) in [6.07, 6.45) is 1.36. The van der Waals surface area contributed by atoms with E-state index in [0.29, 0.717) is 13.0 Å². The van der Waals surface area contributed by atoms with E-state index in [1.54, 1.807) is 11.8 Å². The largest absolute Gasteiger partial charge is 0.357 e. The van der Waals surface area contributed by atoms with Gasteiger partial charge in [0.1, 0.15) is 0 Å². The number of nitrogens with zero attached hydrogens (tertiary/aromatic N) is 1. The van der Waals surface area contributed by atoms with Crippen LogP contribution in [0.25, 0.3) is 0 Å². The van der Waals surface area contributed by atoms with Crippen LogP contribution < -0.4 is 16.0 Å². The highest BCUT2D eigenvalue weighted by Crippen LogP contribution is 2.19. The lowest BCUT2D eigenvalue weighted by atomic mass is 10.4. The van der Waals surface area contributed by atoms with Crippen LogP contribution in [0.3, 0.4) is 0 Å². The summed E-state index contributed by atoms with van der Waals surface area (Å²) < 4.78 is 0. The molecule has 1 aromatic carbocycles. The number of rotatable bonds is 10. The molecule has 5 nitrogen and oxygen atoms in total. The summed E-state index contributed by atoms with van der Waals surface area (Å²) in [7, 11) is 0. The Morgan fingerprint density at radius 1 is 1.12 bits per heavy atom. The molecule has 0 aliphatic carbocycles. The molecule has 1 rings (SSSR count). The fraction of sp³-hybridized carbons (Fsp3) is 0.529. The first kappa shape index (κ1) is 24.3. The Hall–Kier alpha value is -0.670. The molecule has 1 amide bonds. The van der Waals surface area contributed by atoms with E-state index in [1.807, 2.05) is 38.1 Å². The van der Waals surface area contributed by atoms with E-state index in [0.717, 1.165) is 42.8 Å². The summed E-state index contributed by atoms with van der Waals surface area (Å²) in [5.74, 6) is 1.72. The summed E-state index contributed by atoms with van der Waals surface area (Å²) in [6.45, 7) is 6.85. The molecule has 0 aliphatic rings. The number of carbonyl (C=O) groups is 1. The first-order valence-corrected chi connectivity index (χ1v) is 9.69. The minimum absolute atomic E-state index is 0. The molecule has 0 radical (unpaired) electrons. The predicted molar refractivity (Wildman–Crippen MR) is 119 cm³/mol. The lowest BCUT2D eigenvalue weighted by molar-refractivity contribution is -0.120. The molecule has 3 N–H and O–H groups in total. The van der Waals surface area contributed by atoms with Gasteiger partial charge in [-0.15, -0.1) is 35.7 Å². The maximum Gasteiger partial charge on any atom is 0.221 e. The van der Waals surface area contributed by atoms with Crippen LogP contribution in [0.15, 0.2) is 34.2 Å². The van der Waals surface area contributed by atoms with Crippen molar-refractivity contribution in [2.75, 3.05) is 31.9 Å². The van der Waals surface area contributed by atoms with Gasteiger partial charge in [0.05, 0.1) is 6.54 Å². The molecule has 0 fully saturated rings. The average Bonchev–Trinajstić information content (AvgIpc) is 2.58. The quantitative estimate of drug-likeness (QED) is 0.152. The van der Waals surface area contributed by atoms with E-state index in [-0.39, 0.29) is 29.9 Å². The van der Waals surface area contributed by atoms with Crippen molar-refractivity contribution >= 4 is 59.2 Å². The second-order valence-corrected chi connectivity index (χ2v) is 6.69. The van der Waals surface area contributed by atoms with Crippen molar-refractivity contribution in [1.82, 2.24) is 16.0 Å². The lowest BCUT2D eigenvalue weighted by Crippen LogP contribution is -2.38. The third-order valence-corrected chi connectivity index (χ3v) is 4.27. The third kappa shape index (κ3) is 12.3. The summed E-state index contributed by atoms with van der Waals surface area (Å²) >= 11 is 7.63. The first-order chi connectivity index (χ1) is 11.7. The van der Waals surface area contributed by atoms with Crippen molar-refractivity contribution < 1.29 is 4.79 Å². The maximum absolute atomic E-state index is 11.5. The van der Waals surface area contributed by atoms with Gasteiger partial charge >= 0.3 is 0 Å². The van der Waals surface area contributed by atoms with Gasteiger partial charge in [-0.2, -0.15) is 0 Å². The fourth-order valence-electron chi connectivity index (χ4n) is 1.83. The average molecular weight is 499 g/mol. The van der Waals surface area contributed by atoms with Crippen molar-refractivity contribution in [3.63, 3.8) is 0 Å². The van der Waals surface area contributed by atoms with E-state index in [9.17, 15) is 4.79 Å². The molecule has 0 aliphatic heterocycles. The molecule has 0 spiro atoms. The van der Waals surface area contributed by atoms with Crippen molar-refractivity contribution in [1.29, 1.82) is 0 Å². The van der Waals surface area contributed by atoms with Crippen molar-refractivity contribution in [2.45, 2.75) is 31.6 Å². The highest BCUT2D eigenvalue weighted by molar-refractivity contribution is 14.0. The second kappa shape index (κ2) is 15.6. The van der Waals surface area contributed by atoms with Gasteiger partial charge in [0.25, 0.3) is 0 Å². The number of amides is 1. The van der Waals surface area contributed by atoms with E-state index in [1.165, 1.54) is 4.90 Å². The Bertz CT molecular complexity index is 514. The van der Waals surface area contributed by atoms with Crippen molar-refractivity contribution in [2.24, 2.45) is 4.99 Å². The summed E-state index contributed by atoms with van der Waals surface area (Å²) in [4.78, 5) is 17.2. The monoisotopic (exact) mass is 498 g/mol. The molecule has 0 heterocycles. The highest BCUT2D eigenvalue weighted by Gasteiger charge is 2.01. The van der Waals surface area contributed by atoms with Gasteiger partial charge in [-0.25, -0.2) is 0 Å². The molecule has 0 saturated heterocycles. The van der Waals surface area contributed by atoms with E-state index in [4.69, 9.17) is 11.6 Å². The molecule has 25 heavy (non-hydrogen) atoms. The number of carbonyl (C=O) groups excluding carboxylic acids is 1. The van der Waals surface area contributed by atoms with Crippen LogP contribution in [-0.2, 0) is 4.79 Å². The van der Waals surface area contributed by atoms with Crippen LogP contribution >= 0.6 is 47.3 Å². The molecule has 8 heteroatoms. The van der Waals surface area contributed by atoms with Crippen LogP contribution in [0.4, 0.5) is 0 Å². The molecule has 1 aromatic rings. The highest BCUT2D eigenvalue weighted by atomic mass is 127. The van der Waals surface area contributed by atoms with Gasteiger partial charge in [-0.05, 0) is 37.6 Å². The van der Waals surface area contributed by atoms with Crippen LogP contribution in [0.1, 0.15) is 26.7 Å². The smallest absolute Gasteiger partial charge is 0.221 e. The lowest BCUT2D eigenvalue weighted by Gasteiger charge is -2.11. The zero-order valence-corrected chi connectivity index (χ0v) is 18.7. The summed E-state index contributed by atoms with van der Waals surface area (Å²) in [5, 5.41) is 10.1. The molecular formula is C17H28ClIN4OS. The van der Waals surface area contributed by atoms with E-state index >= 15 is 0 Å². The number of guanidine groups is 1. The minimum atomic E-state index is 0. The van der Waals surface area contributed by atoms with Crippen molar-refractivity contribution in [3.8, 4) is 0 Å². The topological polar surface area (TPSA) is 65.5 Å². The standard InChI is InChI=1S/C17H27ClN4OS.HI/c1-3-10-20-16(23)9-11-21-17(19-4-2)22-12-13-24-15-7-5-14(18)6-8-15;/h5-8H,3-4,9-13H2,1-2H3,(H,20,23)(H2,19,21,22);1H. The minimum Gasteiger partial charge on any atom is -0.357 e. The zero-order chi connectivity index (χ0) is 17.6. The molecule has 142 valence electrons. The number of benzene rings is 1. The number of hydrogen-bond acceptors (Lipinski definition) is 3. The first-order valence-electron chi connectivity index (χ1n) is 8.33. The Balaban J connectivity index is 0.00000576. The van der Waals surface area contributed by atoms with Crippen LogP contribution in [0, 0.1) is 0 Å². The van der Waals surface area contributed by atoms with Crippen LogP contribution in [-0.4, -0.2) is 43.8 Å². The number of thioether (sulfide) groups is 1. The summed E-state index contributed by atoms with van der Waals surface area (Å²) in [5.41, 5.74) is 0. The Morgan fingerprint density at radius 3 is 2.48 bits per heavy atom. The van der Waals surface area contributed by atoms with Crippen molar-refractivity contribution in [3.05, 3.63) is 29.3 Å². The Kier molecular flexibility index (Phi) is 15.2. The van der Waals surface area contributed by atoms with Gasteiger partial charge in [0.2, 0.25) is 5.91 Å². The van der Waals surface area contributed by atoms with E-state index in [2.05, 4.69) is 20.9 Å². The van der Waals surface area contributed by atoms with Gasteiger partial charge < -0.3 is 16.0 Å². The number of hydrogen-bond donors (Lipinski definition) is 3. The molecular weight excluding hydrogens is 471 g/mol. The second-order valence-electron chi connectivity index (χ2n) is 5.09. The predicted octanol–water partition coefficient (Wildman–Crippen LogP) is 3.52. The Morgan fingerprint density at radius 2 is 1.84 bits per heavy atom. The zero-order valence-electron chi connectivity index (χ0n) is 14.8. The molecule has 0 saturated carbocycles. The molecule has 0 aromatic heterocycles. The molecule has 0 atom stereocenters. The fourth-order valence-corrected chi connectivity index (χ4v) is 2.73. The number of nitrogens with one attached hydrogen (secondary N) is 3. The van der Waals surface area contributed by atoms with Gasteiger partial charge in [0, 0.05) is 41.7 Å². The maximum atomic E-state index is 11.5. The van der Waals surface area contributed by atoms with E-state index < -0.39 is 0 Å².